The molecule has 2 rings (SSSR count). The summed E-state index contributed by atoms with van der Waals surface area (Å²) < 4.78 is 13.4. The molecule has 1 atom stereocenters. The maximum absolute atomic E-state index is 13.4. The minimum atomic E-state index is -0.477. The van der Waals surface area contributed by atoms with E-state index < -0.39 is 5.82 Å². The number of halogens is 4. The fourth-order valence-corrected chi connectivity index (χ4v) is 2.45. The Bertz CT molecular complexity index is 622. The van der Waals surface area contributed by atoms with E-state index in [1.165, 1.54) is 18.3 Å². The predicted octanol–water partition coefficient (Wildman–Crippen LogP) is 3.93. The molecule has 7 heteroatoms. The fraction of sp³-hybridized carbons (Fsp3) is 0.154. The largest absolute Gasteiger partial charge is 0.271 e. The summed E-state index contributed by atoms with van der Waals surface area (Å²) in [6, 6.07) is 5.80. The van der Waals surface area contributed by atoms with Crippen LogP contribution in [0.1, 0.15) is 17.3 Å². The average molecular weight is 335 g/mol. The molecule has 1 heterocycles. The molecular weight excluding hydrogens is 324 g/mol. The van der Waals surface area contributed by atoms with Crippen LogP contribution >= 0.6 is 34.8 Å². The second-order valence-electron chi connectivity index (χ2n) is 4.19. The van der Waals surface area contributed by atoms with Crippen LogP contribution in [0.25, 0.3) is 0 Å². The molecule has 0 saturated heterocycles. The van der Waals surface area contributed by atoms with Crippen molar-refractivity contribution < 1.29 is 4.39 Å². The van der Waals surface area contributed by atoms with Crippen molar-refractivity contribution in [3.05, 3.63) is 62.6 Å². The van der Waals surface area contributed by atoms with E-state index >= 15 is 0 Å². The van der Waals surface area contributed by atoms with Gasteiger partial charge in [-0.25, -0.2) is 4.39 Å². The van der Waals surface area contributed by atoms with Gasteiger partial charge in [0.25, 0.3) is 0 Å². The summed E-state index contributed by atoms with van der Waals surface area (Å²) in [4.78, 5) is 4.16. The van der Waals surface area contributed by atoms with Gasteiger partial charge in [0.05, 0.1) is 26.8 Å². The Balaban J connectivity index is 2.26. The highest BCUT2D eigenvalue weighted by Gasteiger charge is 2.16. The first-order chi connectivity index (χ1) is 9.51. The molecule has 0 bridgehead atoms. The summed E-state index contributed by atoms with van der Waals surface area (Å²) in [6.07, 6.45) is 1.90. The molecule has 1 aromatic carbocycles. The van der Waals surface area contributed by atoms with E-state index in [1.54, 1.807) is 12.1 Å². The quantitative estimate of drug-likeness (QED) is 0.658. The molecular formula is C13H11Cl3FN3. The molecule has 1 aromatic heterocycles. The number of nitrogens with zero attached hydrogens (tertiary/aromatic N) is 1. The molecule has 0 aliphatic heterocycles. The zero-order valence-electron chi connectivity index (χ0n) is 10.2. The number of rotatable bonds is 4. The number of hydrazine groups is 1. The van der Waals surface area contributed by atoms with Crippen LogP contribution < -0.4 is 11.3 Å². The third-order valence-electron chi connectivity index (χ3n) is 2.79. The number of pyridine rings is 1. The van der Waals surface area contributed by atoms with Crippen molar-refractivity contribution in [3.8, 4) is 0 Å². The fourth-order valence-electron chi connectivity index (χ4n) is 1.82. The van der Waals surface area contributed by atoms with Crippen LogP contribution in [-0.2, 0) is 6.42 Å². The Morgan fingerprint density at radius 3 is 2.55 bits per heavy atom. The zero-order chi connectivity index (χ0) is 14.7. The van der Waals surface area contributed by atoms with Gasteiger partial charge in [-0.05, 0) is 30.2 Å². The lowest BCUT2D eigenvalue weighted by Crippen LogP contribution is -2.30. The average Bonchev–Trinajstić information content (AvgIpc) is 2.41. The first-order valence-corrected chi connectivity index (χ1v) is 6.85. The van der Waals surface area contributed by atoms with Gasteiger partial charge in [-0.2, -0.15) is 0 Å². The van der Waals surface area contributed by atoms with E-state index in [0.717, 1.165) is 5.56 Å². The lowest BCUT2D eigenvalue weighted by molar-refractivity contribution is 0.536. The number of nitrogens with two attached hydrogens (primary N) is 1. The molecule has 0 saturated carbocycles. The summed E-state index contributed by atoms with van der Waals surface area (Å²) in [7, 11) is 0. The summed E-state index contributed by atoms with van der Waals surface area (Å²) in [5.74, 6) is 5.05. The van der Waals surface area contributed by atoms with Gasteiger partial charge < -0.3 is 0 Å². The Morgan fingerprint density at radius 2 is 1.95 bits per heavy atom. The van der Waals surface area contributed by atoms with Gasteiger partial charge in [-0.1, -0.05) is 40.9 Å². The minimum Gasteiger partial charge on any atom is -0.271 e. The van der Waals surface area contributed by atoms with E-state index in [4.69, 9.17) is 40.6 Å². The monoisotopic (exact) mass is 333 g/mol. The topological polar surface area (TPSA) is 50.9 Å². The van der Waals surface area contributed by atoms with Crippen molar-refractivity contribution >= 4 is 34.8 Å². The molecule has 3 nitrogen and oxygen atoms in total. The molecule has 0 aliphatic carbocycles. The van der Waals surface area contributed by atoms with Crippen LogP contribution in [0.2, 0.25) is 15.1 Å². The standard InChI is InChI=1S/C13H11Cl3FN3/c14-8-5-10(16)13(19-6-8)12(20-18)4-7-1-2-9(15)11(17)3-7/h1-3,5-6,12,20H,4,18H2. The number of aromatic nitrogens is 1. The summed E-state index contributed by atoms with van der Waals surface area (Å²) in [6.45, 7) is 0. The molecule has 0 aliphatic rings. The third-order valence-corrected chi connectivity index (χ3v) is 3.61. The Morgan fingerprint density at radius 1 is 1.20 bits per heavy atom. The SMILES string of the molecule is NNC(Cc1ccc(Cl)c(F)c1)c1ncc(Cl)cc1Cl. The molecule has 0 amide bonds. The minimum absolute atomic E-state index is 0.0775. The van der Waals surface area contributed by atoms with Gasteiger partial charge in [0.2, 0.25) is 0 Å². The van der Waals surface area contributed by atoms with E-state index in [2.05, 4.69) is 10.4 Å². The Hall–Kier alpha value is -0.910. The molecule has 106 valence electrons. The molecule has 1 unspecified atom stereocenters. The third kappa shape index (κ3) is 3.59. The van der Waals surface area contributed by atoms with Gasteiger partial charge in [0.1, 0.15) is 5.82 Å². The molecule has 0 fully saturated rings. The van der Waals surface area contributed by atoms with Crippen LogP contribution in [0.15, 0.2) is 30.5 Å². The normalized spacial score (nSPS) is 12.4. The van der Waals surface area contributed by atoms with Gasteiger partial charge in [-0.3, -0.25) is 16.3 Å². The smallest absolute Gasteiger partial charge is 0.142 e. The predicted molar refractivity (Wildman–Crippen MR) is 79.4 cm³/mol. The van der Waals surface area contributed by atoms with Crippen LogP contribution in [0.4, 0.5) is 4.39 Å². The summed E-state index contributed by atoms with van der Waals surface area (Å²) in [5.41, 5.74) is 3.89. The van der Waals surface area contributed by atoms with Crippen molar-refractivity contribution in [2.45, 2.75) is 12.5 Å². The van der Waals surface area contributed by atoms with Gasteiger partial charge in [0.15, 0.2) is 0 Å². The highest BCUT2D eigenvalue weighted by atomic mass is 35.5. The number of hydrogen-bond acceptors (Lipinski definition) is 3. The first-order valence-electron chi connectivity index (χ1n) is 5.72. The van der Waals surface area contributed by atoms with Crippen molar-refractivity contribution in [1.82, 2.24) is 10.4 Å². The van der Waals surface area contributed by atoms with Crippen molar-refractivity contribution in [1.29, 1.82) is 0 Å². The lowest BCUT2D eigenvalue weighted by atomic mass is 10.0. The number of hydrogen-bond donors (Lipinski definition) is 2. The number of benzene rings is 1. The molecule has 2 aromatic rings. The Labute approximate surface area is 130 Å². The highest BCUT2D eigenvalue weighted by Crippen LogP contribution is 2.26. The molecule has 0 radical (unpaired) electrons. The maximum Gasteiger partial charge on any atom is 0.142 e. The summed E-state index contributed by atoms with van der Waals surface area (Å²) >= 11 is 17.5. The van der Waals surface area contributed by atoms with Crippen LogP contribution in [0.3, 0.4) is 0 Å². The van der Waals surface area contributed by atoms with Gasteiger partial charge in [-0.15, -0.1) is 0 Å². The zero-order valence-corrected chi connectivity index (χ0v) is 12.5. The van der Waals surface area contributed by atoms with E-state index in [9.17, 15) is 4.39 Å². The van der Waals surface area contributed by atoms with Gasteiger partial charge >= 0.3 is 0 Å². The van der Waals surface area contributed by atoms with Crippen molar-refractivity contribution in [2.75, 3.05) is 0 Å². The van der Waals surface area contributed by atoms with E-state index in [0.29, 0.717) is 22.2 Å². The van der Waals surface area contributed by atoms with Crippen LogP contribution in [0, 0.1) is 5.82 Å². The van der Waals surface area contributed by atoms with E-state index in [1.807, 2.05) is 0 Å². The lowest BCUT2D eigenvalue weighted by Gasteiger charge is -2.17. The molecule has 20 heavy (non-hydrogen) atoms. The second-order valence-corrected chi connectivity index (χ2v) is 5.44. The van der Waals surface area contributed by atoms with Crippen molar-refractivity contribution in [2.24, 2.45) is 5.84 Å². The molecule has 3 N–H and O–H groups in total. The summed E-state index contributed by atoms with van der Waals surface area (Å²) in [5, 5.41) is 0.913. The van der Waals surface area contributed by atoms with E-state index in [-0.39, 0.29) is 11.1 Å². The maximum atomic E-state index is 13.4. The first kappa shape index (κ1) is 15.5. The van der Waals surface area contributed by atoms with Crippen LogP contribution in [0.5, 0.6) is 0 Å². The van der Waals surface area contributed by atoms with Gasteiger partial charge in [0, 0.05) is 6.20 Å². The Kier molecular flexibility index (Phi) is 5.18. The molecule has 0 spiro atoms. The van der Waals surface area contributed by atoms with Crippen LogP contribution in [-0.4, -0.2) is 4.98 Å². The van der Waals surface area contributed by atoms with Crippen molar-refractivity contribution in [3.63, 3.8) is 0 Å². The second kappa shape index (κ2) is 6.70. The number of nitrogens with one attached hydrogen (secondary N) is 1. The highest BCUT2D eigenvalue weighted by molar-refractivity contribution is 6.34.